The standard InChI is InChI=1S/C22H31N3O4/c1-22(2,3)29-21(27)23-16-7-10-24(11-8-16)13-14-25-12-9-20(26)18-6-5-17(28-4)15-19(18)25/h5-6,9,12,15-16H,7-8,10-11,13-14H2,1-4H3,(H,23,27). The summed E-state index contributed by atoms with van der Waals surface area (Å²) in [5, 5.41) is 3.67. The monoisotopic (exact) mass is 401 g/mol. The van der Waals surface area contributed by atoms with Crippen LogP contribution in [0.25, 0.3) is 10.9 Å². The predicted molar refractivity (Wildman–Crippen MR) is 114 cm³/mol. The third-order valence-corrected chi connectivity index (χ3v) is 5.15. The van der Waals surface area contributed by atoms with Crippen LogP contribution in [-0.2, 0) is 11.3 Å². The van der Waals surface area contributed by atoms with Crippen molar-refractivity contribution in [3.63, 3.8) is 0 Å². The van der Waals surface area contributed by atoms with Crippen LogP contribution in [0.2, 0.25) is 0 Å². The first kappa shape index (κ1) is 21.2. The Morgan fingerprint density at radius 1 is 1.17 bits per heavy atom. The summed E-state index contributed by atoms with van der Waals surface area (Å²) < 4.78 is 12.8. The number of amides is 1. The molecule has 2 aromatic rings. The van der Waals surface area contributed by atoms with Crippen LogP contribution in [0.5, 0.6) is 5.75 Å². The molecule has 7 heteroatoms. The van der Waals surface area contributed by atoms with Gasteiger partial charge in [0.05, 0.1) is 12.6 Å². The van der Waals surface area contributed by atoms with Crippen LogP contribution < -0.4 is 15.5 Å². The Hall–Kier alpha value is -2.54. The number of pyridine rings is 1. The fourth-order valence-corrected chi connectivity index (χ4v) is 3.63. The molecule has 0 unspecified atom stereocenters. The van der Waals surface area contributed by atoms with Gasteiger partial charge in [-0.1, -0.05) is 0 Å². The van der Waals surface area contributed by atoms with Gasteiger partial charge in [-0.15, -0.1) is 0 Å². The van der Waals surface area contributed by atoms with Gasteiger partial charge in [0, 0.05) is 55.9 Å². The molecule has 1 aliphatic rings. The minimum Gasteiger partial charge on any atom is -0.497 e. The number of hydrogen-bond donors (Lipinski definition) is 1. The van der Waals surface area contributed by atoms with Crippen molar-refractivity contribution < 1.29 is 14.3 Å². The number of piperidine rings is 1. The topological polar surface area (TPSA) is 72.8 Å². The molecule has 1 aliphatic heterocycles. The van der Waals surface area contributed by atoms with E-state index in [0.29, 0.717) is 5.39 Å². The van der Waals surface area contributed by atoms with E-state index in [9.17, 15) is 9.59 Å². The smallest absolute Gasteiger partial charge is 0.407 e. The van der Waals surface area contributed by atoms with E-state index in [1.807, 2.05) is 45.2 Å². The molecule has 1 fully saturated rings. The van der Waals surface area contributed by atoms with E-state index in [1.54, 1.807) is 13.2 Å². The molecular weight excluding hydrogens is 370 g/mol. The maximum atomic E-state index is 12.1. The van der Waals surface area contributed by atoms with Crippen molar-refractivity contribution in [1.82, 2.24) is 14.8 Å². The Kier molecular flexibility index (Phi) is 6.47. The van der Waals surface area contributed by atoms with Crippen molar-refractivity contribution in [2.45, 2.75) is 51.8 Å². The highest BCUT2D eigenvalue weighted by atomic mass is 16.6. The van der Waals surface area contributed by atoms with Crippen LogP contribution in [0.4, 0.5) is 4.79 Å². The highest BCUT2D eigenvalue weighted by Gasteiger charge is 2.23. The van der Waals surface area contributed by atoms with Crippen molar-refractivity contribution in [2.75, 3.05) is 26.7 Å². The number of carbonyl (C=O) groups is 1. The third-order valence-electron chi connectivity index (χ3n) is 5.15. The van der Waals surface area contributed by atoms with Gasteiger partial charge in [0.25, 0.3) is 0 Å². The van der Waals surface area contributed by atoms with Gasteiger partial charge < -0.3 is 24.3 Å². The lowest BCUT2D eigenvalue weighted by molar-refractivity contribution is 0.0478. The molecule has 158 valence electrons. The number of ether oxygens (including phenoxy) is 2. The number of aromatic nitrogens is 1. The molecule has 0 radical (unpaired) electrons. The number of benzene rings is 1. The van der Waals surface area contributed by atoms with Gasteiger partial charge in [-0.05, 0) is 45.7 Å². The molecule has 1 N–H and O–H groups in total. The maximum Gasteiger partial charge on any atom is 0.407 e. The second kappa shape index (κ2) is 8.86. The number of carbonyl (C=O) groups excluding carboxylic acids is 1. The molecule has 0 aliphatic carbocycles. The first-order valence-electron chi connectivity index (χ1n) is 10.1. The van der Waals surface area contributed by atoms with Crippen LogP contribution >= 0.6 is 0 Å². The van der Waals surface area contributed by atoms with Crippen LogP contribution in [0, 0.1) is 0 Å². The summed E-state index contributed by atoms with van der Waals surface area (Å²) in [7, 11) is 1.63. The summed E-state index contributed by atoms with van der Waals surface area (Å²) in [6.45, 7) is 9.11. The molecule has 1 aromatic carbocycles. The molecule has 1 amide bonds. The minimum absolute atomic E-state index is 0.0212. The summed E-state index contributed by atoms with van der Waals surface area (Å²) >= 11 is 0. The average molecular weight is 402 g/mol. The summed E-state index contributed by atoms with van der Waals surface area (Å²) in [4.78, 5) is 26.5. The Bertz CT molecular complexity index is 908. The average Bonchev–Trinajstić information content (AvgIpc) is 2.67. The molecule has 7 nitrogen and oxygen atoms in total. The van der Waals surface area contributed by atoms with Gasteiger partial charge in [0.1, 0.15) is 11.4 Å². The van der Waals surface area contributed by atoms with E-state index in [1.165, 1.54) is 0 Å². The van der Waals surface area contributed by atoms with E-state index in [0.717, 1.165) is 50.3 Å². The molecule has 3 rings (SSSR count). The van der Waals surface area contributed by atoms with Crippen LogP contribution in [0.15, 0.2) is 35.3 Å². The number of methoxy groups -OCH3 is 1. The van der Waals surface area contributed by atoms with E-state index < -0.39 is 5.60 Å². The highest BCUT2D eigenvalue weighted by molar-refractivity contribution is 5.80. The van der Waals surface area contributed by atoms with Gasteiger partial charge in [-0.2, -0.15) is 0 Å². The first-order chi connectivity index (χ1) is 13.7. The Morgan fingerprint density at radius 3 is 2.55 bits per heavy atom. The number of fused-ring (bicyclic) bond motifs is 1. The largest absolute Gasteiger partial charge is 0.497 e. The lowest BCUT2D eigenvalue weighted by atomic mass is 10.1. The van der Waals surface area contributed by atoms with E-state index >= 15 is 0 Å². The van der Waals surface area contributed by atoms with Crippen LogP contribution in [0.1, 0.15) is 33.6 Å². The Labute approximate surface area is 171 Å². The second-order valence-electron chi connectivity index (χ2n) is 8.52. The van der Waals surface area contributed by atoms with Crippen LogP contribution in [-0.4, -0.2) is 53.9 Å². The fraction of sp³-hybridized carbons (Fsp3) is 0.545. The lowest BCUT2D eigenvalue weighted by Crippen LogP contribution is -2.46. The number of rotatable bonds is 5. The summed E-state index contributed by atoms with van der Waals surface area (Å²) in [5.74, 6) is 0.742. The van der Waals surface area contributed by atoms with Crippen molar-refractivity contribution in [3.05, 3.63) is 40.7 Å². The van der Waals surface area contributed by atoms with Gasteiger partial charge in [-0.3, -0.25) is 4.79 Å². The number of nitrogens with zero attached hydrogens (tertiary/aromatic N) is 2. The van der Waals surface area contributed by atoms with Crippen molar-refractivity contribution in [3.8, 4) is 5.75 Å². The van der Waals surface area contributed by atoms with Crippen molar-refractivity contribution in [1.29, 1.82) is 0 Å². The maximum absolute atomic E-state index is 12.1. The van der Waals surface area contributed by atoms with Crippen LogP contribution in [0.3, 0.4) is 0 Å². The SMILES string of the molecule is COc1ccc2c(=O)ccn(CCN3CCC(NC(=O)OC(C)(C)C)CC3)c2c1. The number of hydrogen-bond acceptors (Lipinski definition) is 5. The molecule has 1 saturated heterocycles. The Morgan fingerprint density at radius 2 is 1.90 bits per heavy atom. The molecule has 1 aromatic heterocycles. The molecule has 0 saturated carbocycles. The molecule has 0 atom stereocenters. The molecule has 2 heterocycles. The lowest BCUT2D eigenvalue weighted by Gasteiger charge is -2.33. The fourth-order valence-electron chi connectivity index (χ4n) is 3.63. The zero-order valence-electron chi connectivity index (χ0n) is 17.7. The molecule has 0 bridgehead atoms. The van der Waals surface area contributed by atoms with Crippen molar-refractivity contribution >= 4 is 17.0 Å². The van der Waals surface area contributed by atoms with E-state index in [-0.39, 0.29) is 17.6 Å². The van der Waals surface area contributed by atoms with E-state index in [4.69, 9.17) is 9.47 Å². The zero-order valence-corrected chi connectivity index (χ0v) is 17.7. The van der Waals surface area contributed by atoms with Crippen molar-refractivity contribution in [2.24, 2.45) is 0 Å². The number of alkyl carbamates (subject to hydrolysis) is 1. The van der Waals surface area contributed by atoms with Gasteiger partial charge in [-0.25, -0.2) is 4.79 Å². The predicted octanol–water partition coefficient (Wildman–Crippen LogP) is 3.00. The van der Waals surface area contributed by atoms with Gasteiger partial charge in [0.15, 0.2) is 5.43 Å². The van der Waals surface area contributed by atoms with Gasteiger partial charge in [0.2, 0.25) is 0 Å². The summed E-state index contributed by atoms with van der Waals surface area (Å²) in [5.41, 5.74) is 0.430. The zero-order chi connectivity index (χ0) is 21.0. The quantitative estimate of drug-likeness (QED) is 0.834. The van der Waals surface area contributed by atoms with E-state index in [2.05, 4.69) is 14.8 Å². The first-order valence-corrected chi connectivity index (χ1v) is 10.1. The summed E-state index contributed by atoms with van der Waals surface area (Å²) in [6.07, 6.45) is 3.31. The third kappa shape index (κ3) is 5.73. The van der Waals surface area contributed by atoms with Gasteiger partial charge >= 0.3 is 6.09 Å². The minimum atomic E-state index is -0.479. The summed E-state index contributed by atoms with van der Waals surface area (Å²) in [6, 6.07) is 7.32. The second-order valence-corrected chi connectivity index (χ2v) is 8.52. The number of likely N-dealkylation sites (tertiary alicyclic amines) is 1. The highest BCUT2D eigenvalue weighted by Crippen LogP contribution is 2.19. The molecular formula is C22H31N3O4. The normalized spacial score (nSPS) is 16.0. The number of nitrogens with one attached hydrogen (secondary N) is 1. The molecule has 29 heavy (non-hydrogen) atoms. The molecule has 0 spiro atoms. The Balaban J connectivity index is 1.55.